The monoisotopic (exact) mass is 540 g/mol. The third-order valence-electron chi connectivity index (χ3n) is 7.02. The maximum absolute atomic E-state index is 14.2. The molecule has 10 nitrogen and oxygen atoms in total. The van der Waals surface area contributed by atoms with Gasteiger partial charge in [-0.25, -0.2) is 12.7 Å². The normalized spacial score (nSPS) is 20.9. The van der Waals surface area contributed by atoms with Crippen LogP contribution in [0.25, 0.3) is 5.76 Å². The zero-order valence-corrected chi connectivity index (χ0v) is 22.9. The van der Waals surface area contributed by atoms with Gasteiger partial charge in [-0.1, -0.05) is 18.2 Å². The van der Waals surface area contributed by atoms with E-state index in [0.717, 1.165) is 4.31 Å². The zero-order valence-electron chi connectivity index (χ0n) is 22.1. The number of sulfonamides is 1. The standard InChI is InChI=1S/C27H32N4O6S/c1-6-30-21-11-8-7-10-20(21)27(26(30)35)22(24(33)25(34)31(27)17-9-16-28(2)3)23(32)18-12-14-19(15-13-18)38(36,37)29(4)5/h7-8,10-15,32H,6,9,16-17H2,1-5H3/t27-/m1/s1. The van der Waals surface area contributed by atoms with Crippen LogP contribution in [0.3, 0.4) is 0 Å². The molecule has 2 aromatic carbocycles. The number of fused-ring (bicyclic) bond motifs is 2. The van der Waals surface area contributed by atoms with Crippen molar-refractivity contribution in [1.82, 2.24) is 14.1 Å². The lowest BCUT2D eigenvalue weighted by molar-refractivity contribution is -0.143. The summed E-state index contributed by atoms with van der Waals surface area (Å²) in [5.41, 5.74) is -1.01. The number of carbonyl (C=O) groups is 3. The lowest BCUT2D eigenvalue weighted by Gasteiger charge is -2.34. The van der Waals surface area contributed by atoms with Crippen LogP contribution in [0.4, 0.5) is 5.69 Å². The van der Waals surface area contributed by atoms with Crippen LogP contribution in [0.5, 0.6) is 0 Å². The number of nitrogens with zero attached hydrogens (tertiary/aromatic N) is 4. The first-order chi connectivity index (χ1) is 17.9. The summed E-state index contributed by atoms with van der Waals surface area (Å²) < 4.78 is 26.1. The molecule has 2 amide bonds. The van der Waals surface area contributed by atoms with E-state index in [-0.39, 0.29) is 22.6 Å². The summed E-state index contributed by atoms with van der Waals surface area (Å²) in [6.07, 6.45) is 0.500. The molecule has 0 saturated carbocycles. The van der Waals surface area contributed by atoms with Gasteiger partial charge in [-0.3, -0.25) is 14.4 Å². The fourth-order valence-corrected chi connectivity index (χ4v) is 6.07. The van der Waals surface area contributed by atoms with E-state index in [2.05, 4.69) is 0 Å². The number of benzene rings is 2. The first-order valence-electron chi connectivity index (χ1n) is 12.3. The molecule has 1 atom stereocenters. The highest BCUT2D eigenvalue weighted by atomic mass is 32.2. The van der Waals surface area contributed by atoms with Crippen molar-refractivity contribution in [3.63, 3.8) is 0 Å². The molecular formula is C27H32N4O6S. The topological polar surface area (TPSA) is 119 Å². The van der Waals surface area contributed by atoms with E-state index in [0.29, 0.717) is 30.8 Å². The van der Waals surface area contributed by atoms with Crippen LogP contribution in [0, 0.1) is 0 Å². The smallest absolute Gasteiger partial charge is 0.296 e. The van der Waals surface area contributed by atoms with Gasteiger partial charge < -0.3 is 19.8 Å². The molecule has 0 bridgehead atoms. The number of likely N-dealkylation sites (N-methyl/N-ethyl adjacent to an activating group) is 1. The molecule has 202 valence electrons. The van der Waals surface area contributed by atoms with Crippen molar-refractivity contribution in [3.05, 3.63) is 65.2 Å². The Kier molecular flexibility index (Phi) is 7.21. The highest BCUT2D eigenvalue weighted by Crippen LogP contribution is 2.53. The van der Waals surface area contributed by atoms with Gasteiger partial charge in [0.25, 0.3) is 17.6 Å². The predicted molar refractivity (Wildman–Crippen MR) is 143 cm³/mol. The summed E-state index contributed by atoms with van der Waals surface area (Å²) in [6.45, 7) is 2.85. The molecule has 2 aliphatic rings. The van der Waals surface area contributed by atoms with Crippen molar-refractivity contribution in [2.45, 2.75) is 23.8 Å². The summed E-state index contributed by atoms with van der Waals surface area (Å²) in [5, 5.41) is 11.5. The molecule has 0 radical (unpaired) electrons. The minimum absolute atomic E-state index is 0.00246. The second-order valence-electron chi connectivity index (χ2n) is 9.76. The van der Waals surface area contributed by atoms with Crippen LogP contribution in [0.1, 0.15) is 24.5 Å². The van der Waals surface area contributed by atoms with Gasteiger partial charge in [0, 0.05) is 38.3 Å². The van der Waals surface area contributed by atoms with Crippen LogP contribution in [0.2, 0.25) is 0 Å². The number of rotatable bonds is 8. The third kappa shape index (κ3) is 4.01. The van der Waals surface area contributed by atoms with Crippen molar-refractivity contribution < 1.29 is 27.9 Å². The largest absolute Gasteiger partial charge is 0.507 e. The van der Waals surface area contributed by atoms with Gasteiger partial charge in [0.15, 0.2) is 5.54 Å². The molecule has 11 heteroatoms. The number of amides is 2. The molecule has 2 heterocycles. The second kappa shape index (κ2) is 9.97. The Morgan fingerprint density at radius 3 is 2.18 bits per heavy atom. The number of aliphatic hydroxyl groups is 1. The molecule has 2 aliphatic heterocycles. The van der Waals surface area contributed by atoms with Crippen LogP contribution in [0.15, 0.2) is 59.0 Å². The molecule has 38 heavy (non-hydrogen) atoms. The molecule has 1 saturated heterocycles. The summed E-state index contributed by atoms with van der Waals surface area (Å²) in [6, 6.07) is 12.3. The Morgan fingerprint density at radius 1 is 0.974 bits per heavy atom. The summed E-state index contributed by atoms with van der Waals surface area (Å²) in [5.74, 6) is -2.84. The molecule has 0 aromatic heterocycles. The number of ketones is 1. The number of aliphatic hydroxyl groups excluding tert-OH is 1. The molecule has 0 aliphatic carbocycles. The number of anilines is 1. The average Bonchev–Trinajstić information content (AvgIpc) is 3.26. The third-order valence-corrected chi connectivity index (χ3v) is 8.85. The Balaban J connectivity index is 1.95. The lowest BCUT2D eigenvalue weighted by Crippen LogP contribution is -2.52. The maximum Gasteiger partial charge on any atom is 0.296 e. The Bertz CT molecular complexity index is 1430. The SMILES string of the molecule is CCN1C(=O)[C@]2(C(=C(O)c3ccc(S(=O)(=O)N(C)C)cc3)C(=O)C(=O)N2CCCN(C)C)c2ccccc21. The van der Waals surface area contributed by atoms with Crippen molar-refractivity contribution >= 4 is 39.1 Å². The lowest BCUT2D eigenvalue weighted by atomic mass is 9.82. The van der Waals surface area contributed by atoms with Crippen LogP contribution >= 0.6 is 0 Å². The van der Waals surface area contributed by atoms with E-state index in [9.17, 15) is 27.9 Å². The van der Waals surface area contributed by atoms with Crippen molar-refractivity contribution in [3.8, 4) is 0 Å². The highest BCUT2D eigenvalue weighted by Gasteiger charge is 2.66. The van der Waals surface area contributed by atoms with Gasteiger partial charge in [0.05, 0.1) is 16.2 Å². The van der Waals surface area contributed by atoms with E-state index >= 15 is 0 Å². The van der Waals surface area contributed by atoms with E-state index in [4.69, 9.17) is 0 Å². The fourth-order valence-electron chi connectivity index (χ4n) is 5.17. The molecule has 1 fully saturated rings. The quantitative estimate of drug-likeness (QED) is 0.308. The Morgan fingerprint density at radius 2 is 1.61 bits per heavy atom. The average molecular weight is 541 g/mol. The summed E-state index contributed by atoms with van der Waals surface area (Å²) >= 11 is 0. The zero-order chi connectivity index (χ0) is 28.0. The molecule has 0 unspecified atom stereocenters. The number of hydrogen-bond donors (Lipinski definition) is 1. The molecular weight excluding hydrogens is 508 g/mol. The molecule has 1 N–H and O–H groups in total. The Labute approximate surface area is 222 Å². The number of Topliss-reactive ketones (excluding diaryl/α,β-unsaturated/α-hetero) is 1. The molecule has 1 spiro atoms. The number of para-hydroxylation sites is 1. The number of likely N-dealkylation sites (tertiary alicyclic amines) is 1. The van der Waals surface area contributed by atoms with E-state index in [1.807, 2.05) is 19.0 Å². The van der Waals surface area contributed by atoms with E-state index in [1.165, 1.54) is 48.2 Å². The van der Waals surface area contributed by atoms with Crippen molar-refractivity contribution in [2.24, 2.45) is 0 Å². The second-order valence-corrected chi connectivity index (χ2v) is 11.9. The van der Waals surface area contributed by atoms with Crippen LogP contribution in [-0.2, 0) is 29.9 Å². The van der Waals surface area contributed by atoms with Crippen LogP contribution < -0.4 is 4.90 Å². The summed E-state index contributed by atoms with van der Waals surface area (Å²) in [4.78, 5) is 45.9. The van der Waals surface area contributed by atoms with Crippen LogP contribution in [-0.4, -0.2) is 93.1 Å². The van der Waals surface area contributed by atoms with E-state index < -0.39 is 38.9 Å². The highest BCUT2D eigenvalue weighted by molar-refractivity contribution is 7.89. The van der Waals surface area contributed by atoms with Gasteiger partial charge in [-0.15, -0.1) is 0 Å². The van der Waals surface area contributed by atoms with Gasteiger partial charge in [0.1, 0.15) is 5.76 Å². The first-order valence-corrected chi connectivity index (χ1v) is 13.7. The molecule has 4 rings (SSSR count). The van der Waals surface area contributed by atoms with Crippen molar-refractivity contribution in [2.75, 3.05) is 52.7 Å². The molecule has 2 aromatic rings. The summed E-state index contributed by atoms with van der Waals surface area (Å²) in [7, 11) is 2.86. The van der Waals surface area contributed by atoms with Gasteiger partial charge in [-0.05, 0) is 64.3 Å². The minimum atomic E-state index is -3.72. The van der Waals surface area contributed by atoms with Gasteiger partial charge in [-0.2, -0.15) is 0 Å². The number of hydrogen-bond acceptors (Lipinski definition) is 7. The number of carbonyl (C=O) groups excluding carboxylic acids is 3. The first kappa shape index (κ1) is 27.5. The van der Waals surface area contributed by atoms with Crippen molar-refractivity contribution in [1.29, 1.82) is 0 Å². The Hall–Kier alpha value is -3.54. The minimum Gasteiger partial charge on any atom is -0.507 e. The fraction of sp³-hybridized carbons (Fsp3) is 0.370. The maximum atomic E-state index is 14.2. The van der Waals surface area contributed by atoms with E-state index in [1.54, 1.807) is 31.2 Å². The predicted octanol–water partition coefficient (Wildman–Crippen LogP) is 1.83. The van der Waals surface area contributed by atoms with Gasteiger partial charge in [0.2, 0.25) is 10.0 Å². The van der Waals surface area contributed by atoms with Gasteiger partial charge >= 0.3 is 0 Å².